The second-order valence-electron chi connectivity index (χ2n) is 9.23. The summed E-state index contributed by atoms with van der Waals surface area (Å²) < 4.78 is 12.9. The van der Waals surface area contributed by atoms with Crippen LogP contribution in [0.4, 0.5) is 0 Å². The zero-order chi connectivity index (χ0) is 22.7. The Morgan fingerprint density at radius 2 is 1.71 bits per heavy atom. The van der Waals surface area contributed by atoms with Crippen molar-refractivity contribution in [1.82, 2.24) is 4.57 Å². The Morgan fingerprint density at radius 1 is 1.03 bits per heavy atom. The van der Waals surface area contributed by atoms with Crippen LogP contribution in [0.1, 0.15) is 82.1 Å². The van der Waals surface area contributed by atoms with Crippen molar-refractivity contribution < 1.29 is 19.4 Å². The van der Waals surface area contributed by atoms with Gasteiger partial charge in [-0.25, -0.2) is 4.79 Å². The van der Waals surface area contributed by atoms with Crippen LogP contribution in [0, 0.1) is 0 Å². The van der Waals surface area contributed by atoms with Crippen LogP contribution >= 0.6 is 0 Å². The number of benzene rings is 1. The predicted octanol–water partition coefficient (Wildman–Crippen LogP) is 5.79. The summed E-state index contributed by atoms with van der Waals surface area (Å²) in [7, 11) is 0. The number of carbonyl (C=O) groups excluding carboxylic acids is 1. The SMILES string of the molecule is CCCCCCCCc1ccc(OCC(O)Cn2ccc(C(=O)OC(C)(C)C)c2)cc1. The number of unbranched alkanes of at least 4 members (excludes halogenated alkanes) is 5. The van der Waals surface area contributed by atoms with Crippen molar-refractivity contribution in [3.05, 3.63) is 53.9 Å². The van der Waals surface area contributed by atoms with Gasteiger partial charge in [-0.2, -0.15) is 0 Å². The molecule has 1 heterocycles. The molecule has 172 valence electrons. The third-order valence-corrected chi connectivity index (χ3v) is 4.99. The van der Waals surface area contributed by atoms with E-state index in [-0.39, 0.29) is 12.6 Å². The number of aromatic nitrogens is 1. The van der Waals surface area contributed by atoms with Gasteiger partial charge in [0.05, 0.1) is 12.1 Å². The van der Waals surface area contributed by atoms with E-state index < -0.39 is 11.7 Å². The van der Waals surface area contributed by atoms with E-state index in [1.54, 1.807) is 23.0 Å². The number of ether oxygens (including phenoxy) is 2. The van der Waals surface area contributed by atoms with E-state index in [4.69, 9.17) is 9.47 Å². The summed E-state index contributed by atoms with van der Waals surface area (Å²) in [6, 6.07) is 9.84. The van der Waals surface area contributed by atoms with E-state index in [1.807, 2.05) is 32.9 Å². The molecule has 1 atom stereocenters. The minimum atomic E-state index is -0.679. The summed E-state index contributed by atoms with van der Waals surface area (Å²) in [6.45, 7) is 8.29. The lowest BCUT2D eigenvalue weighted by molar-refractivity contribution is 0.00691. The number of hydrogen-bond acceptors (Lipinski definition) is 4. The van der Waals surface area contributed by atoms with Gasteiger partial charge in [-0.05, 0) is 57.4 Å². The molecule has 0 bridgehead atoms. The summed E-state index contributed by atoms with van der Waals surface area (Å²) in [5.74, 6) is 0.394. The maximum absolute atomic E-state index is 12.1. The third kappa shape index (κ3) is 10.1. The highest BCUT2D eigenvalue weighted by molar-refractivity contribution is 5.89. The molecule has 31 heavy (non-hydrogen) atoms. The predicted molar refractivity (Wildman–Crippen MR) is 125 cm³/mol. The highest BCUT2D eigenvalue weighted by Crippen LogP contribution is 2.16. The molecule has 2 rings (SSSR count). The standard InChI is InChI=1S/C26H39NO4/c1-5-6-7-8-9-10-11-21-12-14-24(15-13-21)30-20-23(28)19-27-17-16-22(18-27)25(29)31-26(2,3)4/h12-18,23,28H,5-11,19-20H2,1-4H3. The maximum atomic E-state index is 12.1. The number of carbonyl (C=O) groups is 1. The molecule has 5 nitrogen and oxygen atoms in total. The fraction of sp³-hybridized carbons (Fsp3) is 0.577. The Balaban J connectivity index is 1.70. The summed E-state index contributed by atoms with van der Waals surface area (Å²) in [5, 5.41) is 10.3. The molecule has 0 spiro atoms. The monoisotopic (exact) mass is 429 g/mol. The summed E-state index contributed by atoms with van der Waals surface area (Å²) in [4.78, 5) is 12.1. The molecule has 0 saturated carbocycles. The van der Waals surface area contributed by atoms with Crippen LogP contribution in [0.25, 0.3) is 0 Å². The van der Waals surface area contributed by atoms with Crippen LogP contribution in [-0.2, 0) is 17.7 Å². The van der Waals surface area contributed by atoms with Crippen LogP contribution in [0.3, 0.4) is 0 Å². The molecule has 0 saturated heterocycles. The van der Waals surface area contributed by atoms with Gasteiger partial charge in [0.2, 0.25) is 0 Å². The Hall–Kier alpha value is -2.27. The molecule has 0 aliphatic heterocycles. The van der Waals surface area contributed by atoms with Crippen LogP contribution < -0.4 is 4.74 Å². The highest BCUT2D eigenvalue weighted by Gasteiger charge is 2.19. The quantitative estimate of drug-likeness (QED) is 0.323. The van der Waals surface area contributed by atoms with Crippen molar-refractivity contribution in [2.24, 2.45) is 0 Å². The van der Waals surface area contributed by atoms with E-state index in [0.29, 0.717) is 12.1 Å². The van der Waals surface area contributed by atoms with Gasteiger partial charge < -0.3 is 19.1 Å². The molecule has 1 aromatic carbocycles. The normalized spacial score (nSPS) is 12.5. The van der Waals surface area contributed by atoms with Gasteiger partial charge in [0.1, 0.15) is 24.1 Å². The van der Waals surface area contributed by atoms with E-state index in [9.17, 15) is 9.90 Å². The molecule has 0 radical (unpaired) electrons. The van der Waals surface area contributed by atoms with Crippen LogP contribution in [0.2, 0.25) is 0 Å². The lowest BCUT2D eigenvalue weighted by atomic mass is 10.0. The number of aliphatic hydroxyl groups is 1. The molecule has 0 aliphatic carbocycles. The fourth-order valence-corrected chi connectivity index (χ4v) is 3.36. The van der Waals surface area contributed by atoms with E-state index >= 15 is 0 Å². The topological polar surface area (TPSA) is 60.7 Å². The molecule has 2 aromatic rings. The zero-order valence-corrected chi connectivity index (χ0v) is 19.6. The van der Waals surface area contributed by atoms with Crippen LogP contribution in [-0.4, -0.2) is 34.0 Å². The Bertz CT molecular complexity index is 773. The Labute approximate surface area is 187 Å². The van der Waals surface area contributed by atoms with Gasteiger partial charge in [0, 0.05) is 12.4 Å². The number of aryl methyl sites for hydroxylation is 1. The van der Waals surface area contributed by atoms with Gasteiger partial charge in [-0.15, -0.1) is 0 Å². The number of rotatable bonds is 13. The lowest BCUT2D eigenvalue weighted by Crippen LogP contribution is -2.24. The van der Waals surface area contributed by atoms with Crippen molar-refractivity contribution in [2.45, 2.75) is 90.9 Å². The average Bonchev–Trinajstić information content (AvgIpc) is 3.17. The molecule has 1 N–H and O–H groups in total. The van der Waals surface area contributed by atoms with Crippen molar-refractivity contribution in [3.8, 4) is 5.75 Å². The zero-order valence-electron chi connectivity index (χ0n) is 19.6. The minimum absolute atomic E-state index is 0.191. The Kier molecular flexibility index (Phi) is 10.1. The van der Waals surface area contributed by atoms with Crippen molar-refractivity contribution in [3.63, 3.8) is 0 Å². The average molecular weight is 430 g/mol. The van der Waals surface area contributed by atoms with Crippen LogP contribution in [0.15, 0.2) is 42.7 Å². The van der Waals surface area contributed by atoms with Gasteiger partial charge in [-0.3, -0.25) is 0 Å². The summed E-state index contributed by atoms with van der Waals surface area (Å²) >= 11 is 0. The molecule has 0 fully saturated rings. The lowest BCUT2D eigenvalue weighted by Gasteiger charge is -2.18. The smallest absolute Gasteiger partial charge is 0.340 e. The van der Waals surface area contributed by atoms with Crippen molar-refractivity contribution >= 4 is 5.97 Å². The highest BCUT2D eigenvalue weighted by atomic mass is 16.6. The molecule has 0 aliphatic rings. The summed E-state index contributed by atoms with van der Waals surface area (Å²) in [6.07, 6.45) is 11.7. The van der Waals surface area contributed by atoms with E-state index in [0.717, 1.165) is 12.2 Å². The number of hydrogen-bond donors (Lipinski definition) is 1. The molecule has 0 amide bonds. The fourth-order valence-electron chi connectivity index (χ4n) is 3.36. The van der Waals surface area contributed by atoms with Gasteiger partial charge in [0.25, 0.3) is 0 Å². The van der Waals surface area contributed by atoms with Gasteiger partial charge >= 0.3 is 5.97 Å². The second kappa shape index (κ2) is 12.6. The number of aliphatic hydroxyl groups excluding tert-OH is 1. The maximum Gasteiger partial charge on any atom is 0.340 e. The first-order valence-electron chi connectivity index (χ1n) is 11.6. The first kappa shape index (κ1) is 25.0. The minimum Gasteiger partial charge on any atom is -0.491 e. The molecular weight excluding hydrogens is 390 g/mol. The number of nitrogens with zero attached hydrogens (tertiary/aromatic N) is 1. The molecular formula is C26H39NO4. The van der Waals surface area contributed by atoms with Gasteiger partial charge in [-0.1, -0.05) is 51.2 Å². The third-order valence-electron chi connectivity index (χ3n) is 4.99. The van der Waals surface area contributed by atoms with Gasteiger partial charge in [0.15, 0.2) is 0 Å². The van der Waals surface area contributed by atoms with E-state index in [1.165, 1.54) is 44.1 Å². The first-order valence-corrected chi connectivity index (χ1v) is 11.6. The Morgan fingerprint density at radius 3 is 2.39 bits per heavy atom. The van der Waals surface area contributed by atoms with E-state index in [2.05, 4.69) is 19.1 Å². The molecule has 1 aromatic heterocycles. The molecule has 5 heteroatoms. The second-order valence-corrected chi connectivity index (χ2v) is 9.23. The first-order chi connectivity index (χ1) is 14.8. The van der Waals surface area contributed by atoms with Crippen molar-refractivity contribution in [1.29, 1.82) is 0 Å². The largest absolute Gasteiger partial charge is 0.491 e. The number of esters is 1. The molecule has 1 unspecified atom stereocenters. The van der Waals surface area contributed by atoms with Crippen molar-refractivity contribution in [2.75, 3.05) is 6.61 Å². The summed E-state index contributed by atoms with van der Waals surface area (Å²) in [5.41, 5.74) is 1.27. The van der Waals surface area contributed by atoms with Crippen LogP contribution in [0.5, 0.6) is 5.75 Å².